The smallest absolute Gasteiger partial charge is 0.200 e. The first kappa shape index (κ1) is 20.5. The fourth-order valence-corrected chi connectivity index (χ4v) is 4.02. The predicted molar refractivity (Wildman–Crippen MR) is 98.6 cm³/mol. The Morgan fingerprint density at radius 1 is 0.893 bits per heavy atom. The van der Waals surface area contributed by atoms with Gasteiger partial charge < -0.3 is 9.84 Å². The van der Waals surface area contributed by atoms with Crippen molar-refractivity contribution in [1.29, 1.82) is 0 Å². The Kier molecular flexibility index (Phi) is 6.47. The van der Waals surface area contributed by atoms with Crippen LogP contribution < -0.4 is 4.74 Å². The highest BCUT2D eigenvalue weighted by molar-refractivity contribution is 5.33. The van der Waals surface area contributed by atoms with Crippen LogP contribution in [0.1, 0.15) is 56.1 Å². The molecule has 0 unspecified atom stereocenters. The summed E-state index contributed by atoms with van der Waals surface area (Å²) < 4.78 is 60.9. The Morgan fingerprint density at radius 2 is 1.61 bits per heavy atom. The molecule has 1 aliphatic rings. The van der Waals surface area contributed by atoms with Crippen molar-refractivity contribution in [1.82, 2.24) is 0 Å². The number of benzene rings is 2. The van der Waals surface area contributed by atoms with Crippen LogP contribution in [0.25, 0.3) is 0 Å². The van der Waals surface area contributed by atoms with Crippen LogP contribution in [0.15, 0.2) is 24.3 Å². The molecule has 0 saturated heterocycles. The summed E-state index contributed by atoms with van der Waals surface area (Å²) in [6, 6.07) is 5.64. The molecule has 1 fully saturated rings. The van der Waals surface area contributed by atoms with Crippen LogP contribution in [0.4, 0.5) is 17.6 Å². The second kappa shape index (κ2) is 8.84. The van der Waals surface area contributed by atoms with Crippen LogP contribution in [0, 0.1) is 29.2 Å². The number of hydrogen-bond donors (Lipinski definition) is 1. The molecule has 2 nitrogen and oxygen atoms in total. The number of aromatic hydroxyl groups is 1. The molecule has 0 spiro atoms. The normalized spacial score (nSPS) is 19.6. The maximum Gasteiger partial charge on any atom is 0.200 e. The minimum Gasteiger partial charge on any atom is -0.505 e. The molecule has 152 valence electrons. The molecule has 2 aromatic rings. The molecule has 2 aromatic carbocycles. The van der Waals surface area contributed by atoms with Gasteiger partial charge in [0.05, 0.1) is 6.61 Å². The fourth-order valence-electron chi connectivity index (χ4n) is 4.02. The van der Waals surface area contributed by atoms with E-state index in [-0.39, 0.29) is 23.8 Å². The number of halogens is 4. The lowest BCUT2D eigenvalue weighted by molar-refractivity contribution is 0.296. The lowest BCUT2D eigenvalue weighted by Gasteiger charge is -2.29. The third-order valence-corrected chi connectivity index (χ3v) is 5.63. The second-order valence-electron chi connectivity index (χ2n) is 7.34. The van der Waals surface area contributed by atoms with Gasteiger partial charge in [-0.1, -0.05) is 12.1 Å². The van der Waals surface area contributed by atoms with Gasteiger partial charge in [-0.3, -0.25) is 0 Å². The number of ether oxygens (including phenoxy) is 1. The van der Waals surface area contributed by atoms with E-state index in [9.17, 15) is 22.7 Å². The summed E-state index contributed by atoms with van der Waals surface area (Å²) in [5.74, 6) is -4.48. The molecule has 1 saturated carbocycles. The maximum absolute atomic E-state index is 14.4. The average molecular weight is 396 g/mol. The van der Waals surface area contributed by atoms with Crippen LogP contribution in [0.2, 0.25) is 0 Å². The number of phenols is 1. The Bertz CT molecular complexity index is 830. The summed E-state index contributed by atoms with van der Waals surface area (Å²) in [6.07, 6.45) is 4.16. The molecule has 6 heteroatoms. The van der Waals surface area contributed by atoms with Crippen molar-refractivity contribution < 1.29 is 27.4 Å². The van der Waals surface area contributed by atoms with Gasteiger partial charge in [0.15, 0.2) is 23.1 Å². The molecule has 0 amide bonds. The predicted octanol–water partition coefficient (Wildman–Crippen LogP) is 6.25. The first-order valence-corrected chi connectivity index (χ1v) is 9.68. The van der Waals surface area contributed by atoms with E-state index >= 15 is 0 Å². The van der Waals surface area contributed by atoms with E-state index in [4.69, 9.17) is 4.74 Å². The van der Waals surface area contributed by atoms with Gasteiger partial charge in [0.1, 0.15) is 0 Å². The van der Waals surface area contributed by atoms with Crippen molar-refractivity contribution in [2.75, 3.05) is 6.61 Å². The molecule has 3 rings (SSSR count). The molecule has 1 N–H and O–H groups in total. The number of hydrogen-bond acceptors (Lipinski definition) is 2. The molecule has 0 atom stereocenters. The van der Waals surface area contributed by atoms with Crippen LogP contribution in [-0.4, -0.2) is 11.7 Å². The first-order chi connectivity index (χ1) is 13.4. The van der Waals surface area contributed by atoms with E-state index < -0.39 is 29.0 Å². The van der Waals surface area contributed by atoms with Crippen LogP contribution >= 0.6 is 0 Å². The van der Waals surface area contributed by atoms with Gasteiger partial charge in [-0.2, -0.15) is 8.78 Å². The molecular formula is C22H24F4O2. The summed E-state index contributed by atoms with van der Waals surface area (Å²) in [6.45, 7) is 1.98. The van der Waals surface area contributed by atoms with Crippen LogP contribution in [0.5, 0.6) is 11.5 Å². The van der Waals surface area contributed by atoms with Crippen molar-refractivity contribution in [2.24, 2.45) is 5.92 Å². The van der Waals surface area contributed by atoms with E-state index in [0.717, 1.165) is 31.7 Å². The number of phenolic OH excluding ortho intramolecular Hbond substituents is 1. The Balaban J connectivity index is 1.58. The Labute approximate surface area is 162 Å². The molecule has 0 radical (unpaired) electrons. The highest BCUT2D eigenvalue weighted by Gasteiger charge is 2.27. The number of aryl methyl sites for hydroxylation is 1. The lowest BCUT2D eigenvalue weighted by atomic mass is 9.76. The van der Waals surface area contributed by atoms with E-state index in [1.807, 2.05) is 0 Å². The molecule has 0 heterocycles. The monoisotopic (exact) mass is 396 g/mol. The molecular weight excluding hydrogens is 372 g/mol. The van der Waals surface area contributed by atoms with E-state index in [1.165, 1.54) is 12.1 Å². The van der Waals surface area contributed by atoms with Crippen molar-refractivity contribution in [2.45, 2.75) is 51.4 Å². The van der Waals surface area contributed by atoms with Crippen molar-refractivity contribution in [3.05, 3.63) is 58.7 Å². The molecule has 0 aromatic heterocycles. The Morgan fingerprint density at radius 3 is 2.29 bits per heavy atom. The van der Waals surface area contributed by atoms with Gasteiger partial charge in [-0.15, -0.1) is 0 Å². The summed E-state index contributed by atoms with van der Waals surface area (Å²) in [4.78, 5) is 0. The van der Waals surface area contributed by atoms with Gasteiger partial charge >= 0.3 is 0 Å². The lowest BCUT2D eigenvalue weighted by Crippen LogP contribution is -2.16. The third-order valence-electron chi connectivity index (χ3n) is 5.63. The zero-order valence-corrected chi connectivity index (χ0v) is 15.8. The SMILES string of the molecule is CCOc1ccc(C2CCC(CCc3ccc(O)c(F)c3F)CC2)c(F)c1F. The zero-order valence-electron chi connectivity index (χ0n) is 15.8. The Hall–Kier alpha value is -2.24. The van der Waals surface area contributed by atoms with E-state index in [0.29, 0.717) is 24.3 Å². The van der Waals surface area contributed by atoms with E-state index in [1.54, 1.807) is 13.0 Å². The molecule has 0 aliphatic heterocycles. The van der Waals surface area contributed by atoms with Gasteiger partial charge in [-0.25, -0.2) is 8.78 Å². The maximum atomic E-state index is 14.4. The summed E-state index contributed by atoms with van der Waals surface area (Å²) >= 11 is 0. The summed E-state index contributed by atoms with van der Waals surface area (Å²) in [7, 11) is 0. The standard InChI is InChI=1S/C22H24F4O2/c1-2-28-18-12-10-16(20(24)22(18)26)14-6-3-13(4-7-14)5-8-15-9-11-17(27)21(25)19(15)23/h9-14,27H,2-8H2,1H3. The third kappa shape index (κ3) is 4.26. The minimum absolute atomic E-state index is 0.0516. The van der Waals surface area contributed by atoms with Crippen molar-refractivity contribution >= 4 is 0 Å². The first-order valence-electron chi connectivity index (χ1n) is 9.68. The highest BCUT2D eigenvalue weighted by Crippen LogP contribution is 2.40. The fraction of sp³-hybridized carbons (Fsp3) is 0.455. The van der Waals surface area contributed by atoms with Crippen molar-refractivity contribution in [3.63, 3.8) is 0 Å². The highest BCUT2D eigenvalue weighted by atomic mass is 19.2. The molecule has 28 heavy (non-hydrogen) atoms. The topological polar surface area (TPSA) is 29.5 Å². The summed E-state index contributed by atoms with van der Waals surface area (Å²) in [5, 5.41) is 9.19. The van der Waals surface area contributed by atoms with Gasteiger partial charge in [0.25, 0.3) is 0 Å². The zero-order chi connectivity index (χ0) is 20.3. The second-order valence-corrected chi connectivity index (χ2v) is 7.34. The average Bonchev–Trinajstić information content (AvgIpc) is 2.70. The van der Waals surface area contributed by atoms with Crippen molar-refractivity contribution in [3.8, 4) is 11.5 Å². The largest absolute Gasteiger partial charge is 0.505 e. The molecule has 0 bridgehead atoms. The van der Waals surface area contributed by atoms with Gasteiger partial charge in [-0.05, 0) is 80.5 Å². The van der Waals surface area contributed by atoms with Gasteiger partial charge in [0.2, 0.25) is 11.6 Å². The number of rotatable bonds is 6. The minimum atomic E-state index is -1.21. The van der Waals surface area contributed by atoms with Gasteiger partial charge in [0, 0.05) is 0 Å². The van der Waals surface area contributed by atoms with Crippen LogP contribution in [-0.2, 0) is 6.42 Å². The summed E-state index contributed by atoms with van der Waals surface area (Å²) in [5.41, 5.74) is 0.628. The quantitative estimate of drug-likeness (QED) is 0.585. The van der Waals surface area contributed by atoms with E-state index in [2.05, 4.69) is 0 Å². The molecule has 1 aliphatic carbocycles. The van der Waals surface area contributed by atoms with Crippen LogP contribution in [0.3, 0.4) is 0 Å².